The number of amides is 2. The van der Waals surface area contributed by atoms with Gasteiger partial charge in [0.15, 0.2) is 6.10 Å². The van der Waals surface area contributed by atoms with Crippen LogP contribution in [0.2, 0.25) is 0 Å². The van der Waals surface area contributed by atoms with Gasteiger partial charge in [0, 0.05) is 16.5 Å². The maximum absolute atomic E-state index is 13.6. The van der Waals surface area contributed by atoms with Crippen molar-refractivity contribution in [1.82, 2.24) is 4.98 Å². The molecule has 0 saturated heterocycles. The molecular weight excluding hydrogens is 528 g/mol. The number of carbonyl (C=O) groups excluding carboxylic acids is 4. The Labute approximate surface area is 242 Å². The van der Waals surface area contributed by atoms with Gasteiger partial charge >= 0.3 is 5.97 Å². The van der Waals surface area contributed by atoms with E-state index in [4.69, 9.17) is 9.72 Å². The lowest BCUT2D eigenvalue weighted by Gasteiger charge is -2.18. The maximum Gasteiger partial charge on any atom is 0.339 e. The fourth-order valence-corrected chi connectivity index (χ4v) is 5.18. The van der Waals surface area contributed by atoms with Crippen molar-refractivity contribution in [3.63, 3.8) is 0 Å². The number of anilines is 1. The molecule has 2 heterocycles. The van der Waals surface area contributed by atoms with Gasteiger partial charge in [-0.3, -0.25) is 14.4 Å². The number of ketones is 1. The molecule has 1 atom stereocenters. The second-order valence-electron chi connectivity index (χ2n) is 10.0. The maximum atomic E-state index is 13.6. The van der Waals surface area contributed by atoms with Crippen molar-refractivity contribution < 1.29 is 23.9 Å². The number of esters is 1. The van der Waals surface area contributed by atoms with Crippen molar-refractivity contribution in [3.05, 3.63) is 131 Å². The highest BCUT2D eigenvalue weighted by Crippen LogP contribution is 2.31. The number of para-hydroxylation sites is 1. The summed E-state index contributed by atoms with van der Waals surface area (Å²) in [5.74, 6) is -1.60. The highest BCUT2D eigenvalue weighted by atomic mass is 16.5. The van der Waals surface area contributed by atoms with Crippen molar-refractivity contribution in [2.75, 3.05) is 4.90 Å². The van der Waals surface area contributed by atoms with Gasteiger partial charge in [0.2, 0.25) is 5.78 Å². The fraction of sp³-hybridized carbons (Fsp3) is 0.114. The lowest BCUT2D eigenvalue weighted by molar-refractivity contribution is 0.0268. The molecule has 0 N–H and O–H groups in total. The number of rotatable bonds is 8. The Balaban J connectivity index is 1.32. The van der Waals surface area contributed by atoms with E-state index in [2.05, 4.69) is 0 Å². The summed E-state index contributed by atoms with van der Waals surface area (Å²) in [7, 11) is 0. The predicted molar refractivity (Wildman–Crippen MR) is 160 cm³/mol. The molecule has 7 heteroatoms. The van der Waals surface area contributed by atoms with Gasteiger partial charge < -0.3 is 4.74 Å². The Morgan fingerprint density at radius 1 is 0.786 bits per heavy atom. The van der Waals surface area contributed by atoms with Gasteiger partial charge in [-0.2, -0.15) is 0 Å². The molecule has 5 aromatic rings. The normalized spacial score (nSPS) is 13.2. The monoisotopic (exact) mass is 554 g/mol. The van der Waals surface area contributed by atoms with Gasteiger partial charge in [0.25, 0.3) is 11.8 Å². The van der Waals surface area contributed by atoms with Gasteiger partial charge in [-0.1, -0.05) is 86.1 Å². The molecular formula is C35H26N2O5. The van der Waals surface area contributed by atoms with Gasteiger partial charge in [-0.05, 0) is 42.8 Å². The summed E-state index contributed by atoms with van der Waals surface area (Å²) in [4.78, 5) is 58.5. The lowest BCUT2D eigenvalue weighted by Crippen LogP contribution is -2.29. The molecule has 7 nitrogen and oxygen atoms in total. The molecule has 0 aliphatic carbocycles. The minimum Gasteiger partial charge on any atom is -0.450 e. The van der Waals surface area contributed by atoms with E-state index in [0.29, 0.717) is 62.9 Å². The zero-order valence-electron chi connectivity index (χ0n) is 22.8. The van der Waals surface area contributed by atoms with Crippen LogP contribution < -0.4 is 4.90 Å². The van der Waals surface area contributed by atoms with Crippen molar-refractivity contribution in [3.8, 4) is 11.3 Å². The fourth-order valence-electron chi connectivity index (χ4n) is 5.18. The summed E-state index contributed by atoms with van der Waals surface area (Å²) in [6, 6.07) is 31.3. The summed E-state index contributed by atoms with van der Waals surface area (Å²) in [6.07, 6.45) is 0.145. The Kier molecular flexibility index (Phi) is 7.15. The number of hydrogen-bond donors (Lipinski definition) is 0. The van der Waals surface area contributed by atoms with Crippen LogP contribution in [-0.2, 0) is 4.74 Å². The third kappa shape index (κ3) is 4.86. The first-order chi connectivity index (χ1) is 20.5. The Morgan fingerprint density at radius 3 is 2.07 bits per heavy atom. The molecule has 206 valence electrons. The second-order valence-corrected chi connectivity index (χ2v) is 10.0. The van der Waals surface area contributed by atoms with Crippen molar-refractivity contribution in [1.29, 1.82) is 0 Å². The third-order valence-corrected chi connectivity index (χ3v) is 7.30. The molecule has 0 spiro atoms. The van der Waals surface area contributed by atoms with E-state index in [1.807, 2.05) is 25.1 Å². The Bertz CT molecular complexity index is 1810. The van der Waals surface area contributed by atoms with Crippen LogP contribution in [0.1, 0.15) is 61.2 Å². The summed E-state index contributed by atoms with van der Waals surface area (Å²) in [5.41, 5.74) is 3.75. The molecule has 1 aliphatic heterocycles. The van der Waals surface area contributed by atoms with Crippen LogP contribution in [0.25, 0.3) is 22.2 Å². The minimum absolute atomic E-state index is 0.242. The number of pyridine rings is 1. The molecule has 1 aliphatic rings. The molecule has 4 aromatic carbocycles. The van der Waals surface area contributed by atoms with Crippen molar-refractivity contribution in [2.24, 2.45) is 0 Å². The summed E-state index contributed by atoms with van der Waals surface area (Å²) < 4.78 is 5.84. The molecule has 0 fully saturated rings. The van der Waals surface area contributed by atoms with Crippen LogP contribution in [-0.4, -0.2) is 34.7 Å². The van der Waals surface area contributed by atoms with Gasteiger partial charge in [-0.15, -0.1) is 0 Å². The number of nitrogens with zero attached hydrogens (tertiary/aromatic N) is 2. The van der Waals surface area contributed by atoms with Crippen molar-refractivity contribution in [2.45, 2.75) is 25.9 Å². The average Bonchev–Trinajstić information content (AvgIpc) is 3.29. The van der Waals surface area contributed by atoms with Crippen LogP contribution in [0.5, 0.6) is 0 Å². The number of fused-ring (bicyclic) bond motifs is 2. The standard InChI is InChI=1S/C35H26N2O5/c1-2-10-31(32(38)23-11-4-3-5-12-23)42-35(41)28-21-30(36-29-16-9-8-13-25(28)29)22-17-19-24(20-18-22)37-33(39)26-14-6-7-15-27(26)34(37)40/h3-9,11-21,31H,2,10H2,1H3. The zero-order valence-corrected chi connectivity index (χ0v) is 22.8. The first-order valence-electron chi connectivity index (χ1n) is 13.7. The number of imide groups is 1. The quantitative estimate of drug-likeness (QED) is 0.118. The highest BCUT2D eigenvalue weighted by molar-refractivity contribution is 6.34. The lowest BCUT2D eigenvalue weighted by atomic mass is 10.0. The number of benzene rings is 4. The van der Waals surface area contributed by atoms with Gasteiger partial charge in [0.1, 0.15) is 0 Å². The van der Waals surface area contributed by atoms with Gasteiger partial charge in [0.05, 0.1) is 33.6 Å². The molecule has 42 heavy (non-hydrogen) atoms. The van der Waals surface area contributed by atoms with E-state index in [0.717, 1.165) is 4.90 Å². The van der Waals surface area contributed by atoms with Crippen molar-refractivity contribution >= 4 is 40.2 Å². The molecule has 2 amide bonds. The zero-order chi connectivity index (χ0) is 29.2. The first-order valence-corrected chi connectivity index (χ1v) is 13.7. The third-order valence-electron chi connectivity index (χ3n) is 7.30. The van der Waals surface area contributed by atoms with Crippen LogP contribution in [0.4, 0.5) is 5.69 Å². The minimum atomic E-state index is -0.917. The molecule has 1 aromatic heterocycles. The predicted octanol–water partition coefficient (Wildman–Crippen LogP) is 6.91. The summed E-state index contributed by atoms with van der Waals surface area (Å²) >= 11 is 0. The highest BCUT2D eigenvalue weighted by Gasteiger charge is 2.36. The first kappa shape index (κ1) is 26.8. The van der Waals surface area contributed by atoms with Gasteiger partial charge in [-0.25, -0.2) is 14.7 Å². The number of aromatic nitrogens is 1. The van der Waals surface area contributed by atoms with Crippen LogP contribution in [0.3, 0.4) is 0 Å². The number of Topliss-reactive ketones (excluding diaryl/α,β-unsaturated/α-hetero) is 1. The number of carbonyl (C=O) groups is 4. The molecule has 0 radical (unpaired) electrons. The smallest absolute Gasteiger partial charge is 0.339 e. The molecule has 6 rings (SSSR count). The average molecular weight is 555 g/mol. The van der Waals surface area contributed by atoms with E-state index < -0.39 is 12.1 Å². The second kappa shape index (κ2) is 11.2. The molecule has 0 bridgehead atoms. The summed E-state index contributed by atoms with van der Waals surface area (Å²) in [5, 5.41) is 0.608. The Morgan fingerprint density at radius 2 is 1.40 bits per heavy atom. The van der Waals surface area contributed by atoms with Crippen LogP contribution >= 0.6 is 0 Å². The van der Waals surface area contributed by atoms with E-state index in [9.17, 15) is 19.2 Å². The SMILES string of the molecule is CCCC(OC(=O)c1cc(-c2ccc(N3C(=O)c4ccccc4C3=O)cc2)nc2ccccc12)C(=O)c1ccccc1. The van der Waals surface area contributed by atoms with E-state index in [1.54, 1.807) is 91.0 Å². The largest absolute Gasteiger partial charge is 0.450 e. The van der Waals surface area contributed by atoms with Crippen LogP contribution in [0, 0.1) is 0 Å². The Hall–Kier alpha value is -5.43. The number of ether oxygens (including phenoxy) is 1. The van der Waals surface area contributed by atoms with E-state index in [-0.39, 0.29) is 17.6 Å². The molecule has 1 unspecified atom stereocenters. The topological polar surface area (TPSA) is 93.6 Å². The van der Waals surface area contributed by atoms with E-state index >= 15 is 0 Å². The van der Waals surface area contributed by atoms with E-state index in [1.165, 1.54) is 0 Å². The summed E-state index contributed by atoms with van der Waals surface area (Å²) in [6.45, 7) is 1.94. The number of hydrogen-bond acceptors (Lipinski definition) is 6. The van der Waals surface area contributed by atoms with Crippen LogP contribution in [0.15, 0.2) is 109 Å². The molecule has 0 saturated carbocycles.